The molecule has 0 spiro atoms. The molecule has 0 saturated carbocycles. The molecule has 4 nitrogen and oxygen atoms in total. The highest BCUT2D eigenvalue weighted by molar-refractivity contribution is 5.47. The maximum Gasteiger partial charge on any atom is 0.122 e. The first kappa shape index (κ1) is 13.0. The fourth-order valence-electron chi connectivity index (χ4n) is 2.11. The molecule has 0 saturated heterocycles. The molecule has 1 heterocycles. The van der Waals surface area contributed by atoms with Gasteiger partial charge in [-0.1, -0.05) is 6.07 Å². The molecule has 1 atom stereocenters. The third-order valence-electron chi connectivity index (χ3n) is 3.12. The van der Waals surface area contributed by atoms with Gasteiger partial charge in [-0.05, 0) is 42.7 Å². The minimum Gasteiger partial charge on any atom is -0.496 e. The second kappa shape index (κ2) is 5.49. The highest BCUT2D eigenvalue weighted by Crippen LogP contribution is 2.30. The van der Waals surface area contributed by atoms with E-state index in [0.29, 0.717) is 5.69 Å². The van der Waals surface area contributed by atoms with E-state index < -0.39 is 0 Å². The first-order valence-corrected chi connectivity index (χ1v) is 5.98. The zero-order valence-corrected chi connectivity index (χ0v) is 11.2. The molecule has 2 aromatic rings. The van der Waals surface area contributed by atoms with Crippen LogP contribution < -0.4 is 4.74 Å². The Morgan fingerprint density at radius 1 is 1.26 bits per heavy atom. The van der Waals surface area contributed by atoms with Gasteiger partial charge in [0.05, 0.1) is 18.9 Å². The van der Waals surface area contributed by atoms with Crippen molar-refractivity contribution in [3.63, 3.8) is 0 Å². The minimum atomic E-state index is -0.382. The summed E-state index contributed by atoms with van der Waals surface area (Å²) in [5.74, 6) is 0.452. The first-order valence-electron chi connectivity index (χ1n) is 5.98. The molecule has 0 radical (unpaired) electrons. The van der Waals surface area contributed by atoms with Gasteiger partial charge in [-0.25, -0.2) is 9.97 Å². The van der Waals surface area contributed by atoms with Gasteiger partial charge in [0.1, 0.15) is 18.0 Å². The average molecular weight is 253 g/mol. The predicted octanol–water partition coefficient (Wildman–Crippen LogP) is 2.76. The summed E-state index contributed by atoms with van der Waals surface area (Å²) in [7, 11) is 1.65. The zero-order valence-electron chi connectivity index (χ0n) is 11.2. The third kappa shape index (κ3) is 2.55. The van der Waals surface area contributed by atoms with Crippen molar-refractivity contribution >= 4 is 0 Å². The third-order valence-corrected chi connectivity index (χ3v) is 3.12. The van der Waals surface area contributed by atoms with E-state index in [9.17, 15) is 5.26 Å². The molecule has 4 heteroatoms. The number of hydrogen-bond donors (Lipinski definition) is 0. The van der Waals surface area contributed by atoms with Gasteiger partial charge in [0.15, 0.2) is 0 Å². The van der Waals surface area contributed by atoms with Crippen LogP contribution in [0.1, 0.15) is 28.3 Å². The molecule has 2 rings (SSSR count). The van der Waals surface area contributed by atoms with Crippen molar-refractivity contribution in [2.75, 3.05) is 7.11 Å². The number of ether oxygens (including phenoxy) is 1. The Hall–Kier alpha value is -2.41. The molecule has 1 unspecified atom stereocenters. The normalized spacial score (nSPS) is 11.7. The molecule has 0 bridgehead atoms. The number of nitrogens with zero attached hydrogens (tertiary/aromatic N) is 3. The molecule has 0 aliphatic rings. The van der Waals surface area contributed by atoms with E-state index in [2.05, 4.69) is 16.0 Å². The lowest BCUT2D eigenvalue weighted by Gasteiger charge is -2.15. The molecule has 1 aromatic carbocycles. The summed E-state index contributed by atoms with van der Waals surface area (Å²) in [6.07, 6.45) is 3.11. The minimum absolute atomic E-state index is 0.382. The first-order chi connectivity index (χ1) is 9.17. The van der Waals surface area contributed by atoms with Crippen molar-refractivity contribution in [1.82, 2.24) is 9.97 Å². The quantitative estimate of drug-likeness (QED) is 0.844. The molecule has 0 fully saturated rings. The van der Waals surface area contributed by atoms with Crippen molar-refractivity contribution in [2.45, 2.75) is 19.8 Å². The van der Waals surface area contributed by atoms with Crippen LogP contribution in [-0.2, 0) is 0 Å². The van der Waals surface area contributed by atoms with Gasteiger partial charge in [0.25, 0.3) is 0 Å². The second-order valence-electron chi connectivity index (χ2n) is 4.37. The fourth-order valence-corrected chi connectivity index (χ4v) is 2.11. The van der Waals surface area contributed by atoms with Crippen molar-refractivity contribution < 1.29 is 4.74 Å². The maximum atomic E-state index is 9.43. The van der Waals surface area contributed by atoms with E-state index in [1.54, 1.807) is 19.4 Å². The number of methoxy groups -OCH3 is 1. The van der Waals surface area contributed by atoms with Crippen molar-refractivity contribution in [2.24, 2.45) is 0 Å². The highest BCUT2D eigenvalue weighted by Gasteiger charge is 2.18. The predicted molar refractivity (Wildman–Crippen MR) is 72.0 cm³/mol. The van der Waals surface area contributed by atoms with Gasteiger partial charge in [-0.2, -0.15) is 5.26 Å². The van der Waals surface area contributed by atoms with Crippen LogP contribution in [0.3, 0.4) is 0 Å². The van der Waals surface area contributed by atoms with Crippen LogP contribution in [0.4, 0.5) is 0 Å². The van der Waals surface area contributed by atoms with Crippen LogP contribution in [0.25, 0.3) is 0 Å². The van der Waals surface area contributed by atoms with Gasteiger partial charge in [-0.3, -0.25) is 0 Å². The maximum absolute atomic E-state index is 9.43. The van der Waals surface area contributed by atoms with E-state index in [-0.39, 0.29) is 5.92 Å². The van der Waals surface area contributed by atoms with Gasteiger partial charge in [-0.15, -0.1) is 0 Å². The molecule has 19 heavy (non-hydrogen) atoms. The topological polar surface area (TPSA) is 58.8 Å². The molecular weight excluding hydrogens is 238 g/mol. The molecule has 0 aliphatic carbocycles. The van der Waals surface area contributed by atoms with Crippen LogP contribution in [-0.4, -0.2) is 17.1 Å². The number of rotatable bonds is 3. The molecule has 1 aromatic heterocycles. The summed E-state index contributed by atoms with van der Waals surface area (Å²) in [5, 5.41) is 9.43. The monoisotopic (exact) mass is 253 g/mol. The Kier molecular flexibility index (Phi) is 3.76. The molecule has 0 aliphatic heterocycles. The van der Waals surface area contributed by atoms with Crippen LogP contribution in [0.2, 0.25) is 0 Å². The largest absolute Gasteiger partial charge is 0.496 e. The SMILES string of the molecule is COc1cc(C)c(C(C#N)c2ccncn2)cc1C. The van der Waals surface area contributed by atoms with Crippen molar-refractivity contribution in [1.29, 1.82) is 5.26 Å². The number of aromatic nitrogens is 2. The number of benzene rings is 1. The second-order valence-corrected chi connectivity index (χ2v) is 4.37. The lowest BCUT2D eigenvalue weighted by Crippen LogP contribution is -2.04. The van der Waals surface area contributed by atoms with Crippen LogP contribution >= 0.6 is 0 Å². The lowest BCUT2D eigenvalue weighted by molar-refractivity contribution is 0.411. The summed E-state index contributed by atoms with van der Waals surface area (Å²) in [6, 6.07) is 8.02. The van der Waals surface area contributed by atoms with Gasteiger partial charge < -0.3 is 4.74 Å². The Morgan fingerprint density at radius 3 is 2.63 bits per heavy atom. The van der Waals surface area contributed by atoms with Crippen LogP contribution in [0, 0.1) is 25.2 Å². The number of hydrogen-bond acceptors (Lipinski definition) is 4. The van der Waals surface area contributed by atoms with E-state index >= 15 is 0 Å². The summed E-state index contributed by atoms with van der Waals surface area (Å²) in [6.45, 7) is 3.94. The van der Waals surface area contributed by atoms with Crippen molar-refractivity contribution in [3.8, 4) is 11.8 Å². The lowest BCUT2D eigenvalue weighted by atomic mass is 9.91. The summed E-state index contributed by atoms with van der Waals surface area (Å²) in [4.78, 5) is 8.06. The number of aryl methyl sites for hydroxylation is 2. The summed E-state index contributed by atoms with van der Waals surface area (Å²) >= 11 is 0. The van der Waals surface area contributed by atoms with Gasteiger partial charge >= 0.3 is 0 Å². The van der Waals surface area contributed by atoms with Crippen molar-refractivity contribution in [3.05, 3.63) is 53.1 Å². The van der Waals surface area contributed by atoms with E-state index in [1.165, 1.54) is 6.33 Å². The average Bonchev–Trinajstić information content (AvgIpc) is 2.44. The molecule has 0 amide bonds. The molecular formula is C15H15N3O. The summed E-state index contributed by atoms with van der Waals surface area (Å²) in [5.41, 5.74) is 3.70. The fraction of sp³-hybridized carbons (Fsp3) is 0.267. The van der Waals surface area contributed by atoms with Crippen LogP contribution in [0.5, 0.6) is 5.75 Å². The smallest absolute Gasteiger partial charge is 0.122 e. The van der Waals surface area contributed by atoms with Gasteiger partial charge in [0, 0.05) is 6.20 Å². The van der Waals surface area contributed by atoms with Crippen LogP contribution in [0.15, 0.2) is 30.7 Å². The van der Waals surface area contributed by atoms with E-state index in [0.717, 1.165) is 22.4 Å². The Labute approximate surface area is 112 Å². The zero-order chi connectivity index (χ0) is 13.8. The highest BCUT2D eigenvalue weighted by atomic mass is 16.5. The van der Waals surface area contributed by atoms with Gasteiger partial charge in [0.2, 0.25) is 0 Å². The molecule has 96 valence electrons. The Balaban J connectivity index is 2.51. The summed E-state index contributed by atoms with van der Waals surface area (Å²) < 4.78 is 5.29. The van der Waals surface area contributed by atoms with E-state index in [1.807, 2.05) is 26.0 Å². The Bertz CT molecular complexity index is 617. The standard InChI is InChI=1S/C15H15N3O/c1-10-7-15(19-3)11(2)6-12(10)13(8-16)14-4-5-17-9-18-14/h4-7,9,13H,1-3H3. The molecule has 0 N–H and O–H groups in total. The Morgan fingerprint density at radius 2 is 2.05 bits per heavy atom. The number of nitriles is 1. The van der Waals surface area contributed by atoms with E-state index in [4.69, 9.17) is 4.74 Å².